The van der Waals surface area contributed by atoms with Gasteiger partial charge in [0.15, 0.2) is 12.4 Å². The van der Waals surface area contributed by atoms with E-state index in [2.05, 4.69) is 27.6 Å². The predicted octanol–water partition coefficient (Wildman–Crippen LogP) is 2.73. The molecule has 2 aliphatic carbocycles. The first-order valence-electron chi connectivity index (χ1n) is 7.59. The molecule has 21 heavy (non-hydrogen) atoms. The van der Waals surface area contributed by atoms with Gasteiger partial charge in [-0.1, -0.05) is 11.2 Å². The lowest BCUT2D eigenvalue weighted by atomic mass is 10.1. The largest absolute Gasteiger partial charge is 0.484 e. The highest BCUT2D eigenvalue weighted by molar-refractivity contribution is 5.40. The van der Waals surface area contributed by atoms with Crippen LogP contribution in [0.5, 0.6) is 5.75 Å². The highest BCUT2D eigenvalue weighted by atomic mass is 16.5. The first-order chi connectivity index (χ1) is 10.3. The van der Waals surface area contributed by atoms with Crippen LogP contribution in [-0.4, -0.2) is 17.2 Å². The lowest BCUT2D eigenvalue weighted by Crippen LogP contribution is -2.12. The fraction of sp³-hybridized carbons (Fsp3) is 0.500. The predicted molar refractivity (Wildman–Crippen MR) is 77.2 cm³/mol. The van der Waals surface area contributed by atoms with Gasteiger partial charge in [0.25, 0.3) is 5.89 Å². The maximum absolute atomic E-state index is 5.78. The van der Waals surface area contributed by atoms with Crippen molar-refractivity contribution in [3.8, 4) is 5.75 Å². The smallest absolute Gasteiger partial charge is 0.264 e. The van der Waals surface area contributed by atoms with Crippen LogP contribution in [0.1, 0.15) is 54.1 Å². The van der Waals surface area contributed by atoms with Crippen LogP contribution >= 0.6 is 0 Å². The van der Waals surface area contributed by atoms with Crippen LogP contribution in [0.4, 0.5) is 0 Å². The average molecular weight is 285 g/mol. The van der Waals surface area contributed by atoms with Crippen molar-refractivity contribution in [3.63, 3.8) is 0 Å². The molecule has 0 aliphatic heterocycles. The number of rotatable bonds is 5. The van der Waals surface area contributed by atoms with Crippen LogP contribution in [-0.2, 0) is 13.0 Å². The number of hydrogen-bond acceptors (Lipinski definition) is 5. The minimum Gasteiger partial charge on any atom is -0.484 e. The summed E-state index contributed by atoms with van der Waals surface area (Å²) in [7, 11) is 2.01. The topological polar surface area (TPSA) is 60.2 Å². The van der Waals surface area contributed by atoms with Crippen molar-refractivity contribution in [1.82, 2.24) is 15.5 Å². The van der Waals surface area contributed by atoms with Gasteiger partial charge in [-0.15, -0.1) is 0 Å². The van der Waals surface area contributed by atoms with Gasteiger partial charge in [-0.05, 0) is 56.0 Å². The van der Waals surface area contributed by atoms with Crippen LogP contribution in [0.3, 0.4) is 0 Å². The molecule has 5 nitrogen and oxygen atoms in total. The number of nitrogens with one attached hydrogen (secondary N) is 1. The van der Waals surface area contributed by atoms with Gasteiger partial charge in [0.1, 0.15) is 5.75 Å². The molecule has 1 fully saturated rings. The maximum Gasteiger partial charge on any atom is 0.264 e. The maximum atomic E-state index is 5.78. The Hall–Kier alpha value is -1.88. The lowest BCUT2D eigenvalue weighted by molar-refractivity contribution is 0.242. The van der Waals surface area contributed by atoms with Crippen LogP contribution in [0.15, 0.2) is 22.7 Å². The Kier molecular flexibility index (Phi) is 3.15. The number of hydrogen-bond donors (Lipinski definition) is 1. The van der Waals surface area contributed by atoms with Crippen molar-refractivity contribution in [2.45, 2.75) is 44.2 Å². The molecule has 1 N–H and O–H groups in total. The van der Waals surface area contributed by atoms with E-state index in [9.17, 15) is 0 Å². The third-order valence-electron chi connectivity index (χ3n) is 4.33. The zero-order valence-electron chi connectivity index (χ0n) is 12.1. The van der Waals surface area contributed by atoms with Gasteiger partial charge in [0, 0.05) is 12.0 Å². The molecule has 1 atom stereocenters. The third kappa shape index (κ3) is 2.53. The van der Waals surface area contributed by atoms with E-state index in [1.54, 1.807) is 0 Å². The van der Waals surface area contributed by atoms with Crippen LogP contribution in [0.25, 0.3) is 0 Å². The summed E-state index contributed by atoms with van der Waals surface area (Å²) in [6.07, 6.45) is 4.61. The summed E-state index contributed by atoms with van der Waals surface area (Å²) in [5.41, 5.74) is 2.76. The fourth-order valence-corrected chi connectivity index (χ4v) is 2.96. The molecule has 0 radical (unpaired) electrons. The number of fused-ring (bicyclic) bond motifs is 1. The normalized spacial score (nSPS) is 20.5. The molecule has 1 unspecified atom stereocenters. The van der Waals surface area contributed by atoms with E-state index in [0.717, 1.165) is 24.4 Å². The zero-order valence-corrected chi connectivity index (χ0v) is 12.1. The van der Waals surface area contributed by atoms with E-state index in [1.807, 2.05) is 13.1 Å². The van der Waals surface area contributed by atoms with E-state index in [0.29, 0.717) is 24.5 Å². The number of aromatic nitrogens is 2. The van der Waals surface area contributed by atoms with Gasteiger partial charge in [-0.25, -0.2) is 0 Å². The highest BCUT2D eigenvalue weighted by Crippen LogP contribution is 2.38. The van der Waals surface area contributed by atoms with Gasteiger partial charge in [-0.2, -0.15) is 4.98 Å². The summed E-state index contributed by atoms with van der Waals surface area (Å²) >= 11 is 0. The van der Waals surface area contributed by atoms with Crippen LogP contribution in [0, 0.1) is 0 Å². The van der Waals surface area contributed by atoms with Gasteiger partial charge in [0.05, 0.1) is 0 Å². The molecule has 1 aromatic carbocycles. The Morgan fingerprint density at radius 3 is 3.05 bits per heavy atom. The standard InChI is InChI=1S/C16H19N3O2/c1-17-14-7-4-11-8-12(5-6-13(11)14)20-9-15-18-16(19-21-15)10-2-3-10/h5-6,8,10,14,17H,2-4,7,9H2,1H3. The number of nitrogens with zero attached hydrogens (tertiary/aromatic N) is 2. The minimum absolute atomic E-state index is 0.341. The number of ether oxygens (including phenoxy) is 1. The second-order valence-corrected chi connectivity index (χ2v) is 5.85. The Morgan fingerprint density at radius 1 is 1.33 bits per heavy atom. The zero-order chi connectivity index (χ0) is 14.2. The quantitative estimate of drug-likeness (QED) is 0.915. The van der Waals surface area contributed by atoms with E-state index in [1.165, 1.54) is 24.0 Å². The van der Waals surface area contributed by atoms with E-state index in [-0.39, 0.29) is 0 Å². The molecule has 1 saturated carbocycles. The number of benzene rings is 1. The van der Waals surface area contributed by atoms with E-state index in [4.69, 9.17) is 9.26 Å². The summed E-state index contributed by atoms with van der Waals surface area (Å²) in [5, 5.41) is 7.34. The molecule has 0 saturated heterocycles. The molecule has 2 aliphatic rings. The molecule has 0 spiro atoms. The summed E-state index contributed by atoms with van der Waals surface area (Å²) in [5.74, 6) is 2.78. The molecular weight excluding hydrogens is 266 g/mol. The van der Waals surface area contributed by atoms with Crippen molar-refractivity contribution in [3.05, 3.63) is 41.0 Å². The Morgan fingerprint density at radius 2 is 2.24 bits per heavy atom. The van der Waals surface area contributed by atoms with Gasteiger partial charge in [0.2, 0.25) is 0 Å². The molecule has 0 amide bonds. The van der Waals surface area contributed by atoms with E-state index >= 15 is 0 Å². The van der Waals surface area contributed by atoms with Crippen molar-refractivity contribution >= 4 is 0 Å². The van der Waals surface area contributed by atoms with Gasteiger partial charge < -0.3 is 14.6 Å². The highest BCUT2D eigenvalue weighted by Gasteiger charge is 2.28. The molecular formula is C16H19N3O2. The molecule has 1 heterocycles. The molecule has 110 valence electrons. The summed E-state index contributed by atoms with van der Waals surface area (Å²) < 4.78 is 11.0. The lowest BCUT2D eigenvalue weighted by Gasteiger charge is -2.10. The Bertz CT molecular complexity index is 649. The number of aryl methyl sites for hydroxylation is 1. The second-order valence-electron chi connectivity index (χ2n) is 5.85. The molecule has 0 bridgehead atoms. The van der Waals surface area contributed by atoms with Gasteiger partial charge >= 0.3 is 0 Å². The van der Waals surface area contributed by atoms with E-state index < -0.39 is 0 Å². The Labute approximate surface area is 123 Å². The average Bonchev–Trinajstić information content (AvgIpc) is 3.12. The van der Waals surface area contributed by atoms with Gasteiger partial charge in [-0.3, -0.25) is 0 Å². The first kappa shape index (κ1) is 12.8. The van der Waals surface area contributed by atoms with Crippen LogP contribution in [0.2, 0.25) is 0 Å². The molecule has 1 aromatic heterocycles. The second kappa shape index (κ2) is 5.15. The molecule has 5 heteroatoms. The van der Waals surface area contributed by atoms with Crippen molar-refractivity contribution in [2.75, 3.05) is 7.05 Å². The minimum atomic E-state index is 0.341. The monoisotopic (exact) mass is 285 g/mol. The summed E-state index contributed by atoms with van der Waals surface area (Å²) in [4.78, 5) is 4.37. The summed E-state index contributed by atoms with van der Waals surface area (Å²) in [6, 6.07) is 6.78. The molecule has 2 aromatic rings. The molecule has 4 rings (SSSR count). The van der Waals surface area contributed by atoms with Crippen molar-refractivity contribution < 1.29 is 9.26 Å². The first-order valence-corrected chi connectivity index (χ1v) is 7.59. The van der Waals surface area contributed by atoms with Crippen molar-refractivity contribution in [1.29, 1.82) is 0 Å². The summed E-state index contributed by atoms with van der Waals surface area (Å²) in [6.45, 7) is 0.341. The SMILES string of the molecule is CNC1CCc2cc(OCc3nc(C4CC4)no3)ccc21. The third-order valence-corrected chi connectivity index (χ3v) is 4.33. The Balaban J connectivity index is 1.42. The van der Waals surface area contributed by atoms with Crippen LogP contribution < -0.4 is 10.1 Å². The van der Waals surface area contributed by atoms with Crippen molar-refractivity contribution in [2.24, 2.45) is 0 Å². The fourth-order valence-electron chi connectivity index (χ4n) is 2.96.